The summed E-state index contributed by atoms with van der Waals surface area (Å²) in [5.41, 5.74) is 2.54. The van der Waals surface area contributed by atoms with Crippen molar-refractivity contribution in [1.82, 2.24) is 9.62 Å². The lowest BCUT2D eigenvalue weighted by atomic mass is 10.1. The SMILES string of the molecule is CSc1ccc(S(=O)(=O)NCc2ccccc2CN2CCOCC2)cc1NC(=O)C(C)C. The van der Waals surface area contributed by atoms with E-state index < -0.39 is 10.0 Å². The molecule has 2 aromatic rings. The maximum atomic E-state index is 13.0. The topological polar surface area (TPSA) is 87.7 Å². The Labute approximate surface area is 195 Å². The Kier molecular flexibility index (Phi) is 8.72. The Morgan fingerprint density at radius 1 is 1.12 bits per heavy atom. The number of nitrogens with one attached hydrogen (secondary N) is 2. The van der Waals surface area contributed by atoms with Crippen LogP contribution in [-0.4, -0.2) is 51.8 Å². The molecule has 1 saturated heterocycles. The normalized spacial score (nSPS) is 15.1. The average Bonchev–Trinajstić information content (AvgIpc) is 2.79. The van der Waals surface area contributed by atoms with Crippen LogP contribution in [0.25, 0.3) is 0 Å². The van der Waals surface area contributed by atoms with Gasteiger partial charge in [0.1, 0.15) is 0 Å². The van der Waals surface area contributed by atoms with Gasteiger partial charge in [-0.1, -0.05) is 38.1 Å². The number of carbonyl (C=O) groups excluding carboxylic acids is 1. The van der Waals surface area contributed by atoms with Crippen molar-refractivity contribution in [2.24, 2.45) is 5.92 Å². The number of carbonyl (C=O) groups is 1. The number of anilines is 1. The second-order valence-corrected chi connectivity index (χ2v) is 10.6. The summed E-state index contributed by atoms with van der Waals surface area (Å²) in [5.74, 6) is -0.356. The van der Waals surface area contributed by atoms with Crippen molar-refractivity contribution in [3.8, 4) is 0 Å². The lowest BCUT2D eigenvalue weighted by Gasteiger charge is -2.27. The van der Waals surface area contributed by atoms with Crippen molar-refractivity contribution in [1.29, 1.82) is 0 Å². The zero-order valence-corrected chi connectivity index (χ0v) is 20.4. The molecule has 0 atom stereocenters. The van der Waals surface area contributed by atoms with E-state index >= 15 is 0 Å². The summed E-state index contributed by atoms with van der Waals surface area (Å²) in [6.45, 7) is 7.72. The Morgan fingerprint density at radius 3 is 2.47 bits per heavy atom. The molecule has 1 fully saturated rings. The first kappa shape index (κ1) is 24.7. The van der Waals surface area contributed by atoms with E-state index in [1.807, 2.05) is 30.5 Å². The highest BCUT2D eigenvalue weighted by Gasteiger charge is 2.19. The fourth-order valence-electron chi connectivity index (χ4n) is 3.37. The lowest BCUT2D eigenvalue weighted by Crippen LogP contribution is -2.36. The Hall–Kier alpha value is -1.91. The molecule has 32 heavy (non-hydrogen) atoms. The number of thioether (sulfide) groups is 1. The summed E-state index contributed by atoms with van der Waals surface area (Å²) in [4.78, 5) is 15.4. The first-order valence-corrected chi connectivity index (χ1v) is 13.4. The Bertz CT molecular complexity index is 1040. The molecule has 1 aliphatic heterocycles. The zero-order chi connectivity index (χ0) is 23.1. The van der Waals surface area contributed by atoms with Crippen molar-refractivity contribution in [2.45, 2.75) is 36.7 Å². The second kappa shape index (κ2) is 11.3. The highest BCUT2D eigenvalue weighted by Crippen LogP contribution is 2.29. The van der Waals surface area contributed by atoms with Crippen molar-refractivity contribution in [3.05, 3.63) is 53.6 Å². The van der Waals surface area contributed by atoms with Gasteiger partial charge in [-0.2, -0.15) is 0 Å². The maximum Gasteiger partial charge on any atom is 0.240 e. The number of benzene rings is 2. The van der Waals surface area contributed by atoms with Gasteiger partial charge in [0.15, 0.2) is 0 Å². The highest BCUT2D eigenvalue weighted by atomic mass is 32.2. The monoisotopic (exact) mass is 477 g/mol. The molecule has 0 bridgehead atoms. The predicted molar refractivity (Wildman–Crippen MR) is 128 cm³/mol. The van der Waals surface area contributed by atoms with Gasteiger partial charge in [0.05, 0.1) is 23.8 Å². The molecule has 0 radical (unpaired) electrons. The highest BCUT2D eigenvalue weighted by molar-refractivity contribution is 7.98. The van der Waals surface area contributed by atoms with Crippen LogP contribution in [0.3, 0.4) is 0 Å². The van der Waals surface area contributed by atoms with Crippen LogP contribution < -0.4 is 10.0 Å². The summed E-state index contributed by atoms with van der Waals surface area (Å²) < 4.78 is 34.2. The largest absolute Gasteiger partial charge is 0.379 e. The third kappa shape index (κ3) is 6.55. The van der Waals surface area contributed by atoms with E-state index in [0.717, 1.165) is 48.9 Å². The number of morpholine rings is 1. The van der Waals surface area contributed by atoms with E-state index in [9.17, 15) is 13.2 Å². The van der Waals surface area contributed by atoms with Crippen LogP contribution in [-0.2, 0) is 32.6 Å². The van der Waals surface area contributed by atoms with E-state index in [0.29, 0.717) is 5.69 Å². The van der Waals surface area contributed by atoms with Crippen LogP contribution >= 0.6 is 11.8 Å². The number of hydrogen-bond donors (Lipinski definition) is 2. The molecule has 9 heteroatoms. The Balaban J connectivity index is 1.75. The third-order valence-corrected chi connectivity index (χ3v) is 7.53. The number of amides is 1. The summed E-state index contributed by atoms with van der Waals surface area (Å²) in [6, 6.07) is 12.7. The average molecular weight is 478 g/mol. The molecule has 3 rings (SSSR count). The first-order chi connectivity index (χ1) is 15.3. The molecule has 0 aliphatic carbocycles. The summed E-state index contributed by atoms with van der Waals surface area (Å²) in [5, 5.41) is 2.83. The van der Waals surface area contributed by atoms with Gasteiger partial charge in [0.25, 0.3) is 0 Å². The number of rotatable bonds is 9. The van der Waals surface area contributed by atoms with Gasteiger partial charge in [0.2, 0.25) is 15.9 Å². The standard InChI is InChI=1S/C23H31N3O4S2/c1-17(2)23(27)25-21-14-20(8-9-22(21)31-3)32(28,29)24-15-18-6-4-5-7-19(18)16-26-10-12-30-13-11-26/h4-9,14,17,24H,10-13,15-16H2,1-3H3,(H,25,27). The molecule has 7 nitrogen and oxygen atoms in total. The zero-order valence-electron chi connectivity index (χ0n) is 18.8. The number of sulfonamides is 1. The molecule has 1 amide bonds. The van der Waals surface area contributed by atoms with Crippen LogP contribution in [0.1, 0.15) is 25.0 Å². The molecule has 0 saturated carbocycles. The summed E-state index contributed by atoms with van der Waals surface area (Å²) in [7, 11) is -3.76. The molecule has 1 heterocycles. The molecule has 0 unspecified atom stereocenters. The van der Waals surface area contributed by atoms with Gasteiger partial charge in [-0.15, -0.1) is 11.8 Å². The van der Waals surface area contributed by atoms with Crippen LogP contribution in [0.4, 0.5) is 5.69 Å². The quantitative estimate of drug-likeness (QED) is 0.539. The van der Waals surface area contributed by atoms with E-state index in [2.05, 4.69) is 14.9 Å². The van der Waals surface area contributed by atoms with Crippen LogP contribution in [0.5, 0.6) is 0 Å². The van der Waals surface area contributed by atoms with E-state index in [1.165, 1.54) is 17.8 Å². The van der Waals surface area contributed by atoms with Crippen molar-refractivity contribution >= 4 is 33.4 Å². The fourth-order valence-corrected chi connectivity index (χ4v) is 4.94. The molecule has 1 aliphatic rings. The Morgan fingerprint density at radius 2 is 1.81 bits per heavy atom. The van der Waals surface area contributed by atoms with Gasteiger partial charge in [-0.3, -0.25) is 9.69 Å². The molecule has 2 aromatic carbocycles. The third-order valence-electron chi connectivity index (χ3n) is 5.33. The second-order valence-electron chi connectivity index (χ2n) is 7.99. The van der Waals surface area contributed by atoms with Crippen LogP contribution in [0.15, 0.2) is 52.3 Å². The molecule has 2 N–H and O–H groups in total. The van der Waals surface area contributed by atoms with Gasteiger partial charge >= 0.3 is 0 Å². The predicted octanol–water partition coefficient (Wildman–Crippen LogP) is 3.31. The fraction of sp³-hybridized carbons (Fsp3) is 0.435. The van der Waals surface area contributed by atoms with Crippen molar-refractivity contribution < 1.29 is 17.9 Å². The molecule has 0 spiro atoms. The number of ether oxygens (including phenoxy) is 1. The van der Waals surface area contributed by atoms with Crippen molar-refractivity contribution in [2.75, 3.05) is 37.9 Å². The van der Waals surface area contributed by atoms with Crippen LogP contribution in [0, 0.1) is 5.92 Å². The minimum Gasteiger partial charge on any atom is -0.379 e. The minimum atomic E-state index is -3.76. The van der Waals surface area contributed by atoms with Gasteiger partial charge in [0, 0.05) is 37.0 Å². The van der Waals surface area contributed by atoms with E-state index in [4.69, 9.17) is 4.74 Å². The molecular weight excluding hydrogens is 446 g/mol. The van der Waals surface area contributed by atoms with Crippen LogP contribution in [0.2, 0.25) is 0 Å². The van der Waals surface area contributed by atoms with E-state index in [1.54, 1.807) is 26.0 Å². The lowest BCUT2D eigenvalue weighted by molar-refractivity contribution is -0.118. The number of nitrogens with zero attached hydrogens (tertiary/aromatic N) is 1. The van der Waals surface area contributed by atoms with Gasteiger partial charge < -0.3 is 10.1 Å². The molecule has 174 valence electrons. The maximum absolute atomic E-state index is 13.0. The van der Waals surface area contributed by atoms with E-state index in [-0.39, 0.29) is 23.3 Å². The summed E-state index contributed by atoms with van der Waals surface area (Å²) >= 11 is 1.45. The minimum absolute atomic E-state index is 0.125. The van der Waals surface area contributed by atoms with Gasteiger partial charge in [-0.25, -0.2) is 13.1 Å². The molecule has 0 aromatic heterocycles. The summed E-state index contributed by atoms with van der Waals surface area (Å²) in [6.07, 6.45) is 1.89. The smallest absolute Gasteiger partial charge is 0.240 e. The van der Waals surface area contributed by atoms with Crippen molar-refractivity contribution in [3.63, 3.8) is 0 Å². The van der Waals surface area contributed by atoms with Gasteiger partial charge in [-0.05, 0) is 35.6 Å². The molecular formula is C23H31N3O4S2. The number of hydrogen-bond acceptors (Lipinski definition) is 6. The first-order valence-electron chi connectivity index (χ1n) is 10.7.